The van der Waals surface area contributed by atoms with Crippen LogP contribution in [0.1, 0.15) is 34.8 Å². The Labute approximate surface area is 249 Å². The van der Waals surface area contributed by atoms with Crippen molar-refractivity contribution in [1.29, 1.82) is 0 Å². The van der Waals surface area contributed by atoms with Gasteiger partial charge in [0.2, 0.25) is 0 Å². The van der Waals surface area contributed by atoms with E-state index in [-0.39, 0.29) is 17.7 Å². The lowest BCUT2D eigenvalue weighted by Crippen LogP contribution is -2.69. The van der Waals surface area contributed by atoms with Gasteiger partial charge in [0.25, 0.3) is 0 Å². The number of ether oxygens (including phenoxy) is 1. The number of piperidine rings is 1. The number of piperazine rings is 1. The van der Waals surface area contributed by atoms with E-state index in [1.54, 1.807) is 24.3 Å². The second kappa shape index (κ2) is 13.9. The minimum atomic E-state index is -1.26. The van der Waals surface area contributed by atoms with Crippen LogP contribution in [-0.4, -0.2) is 76.8 Å². The Morgan fingerprint density at radius 1 is 0.860 bits per heavy atom. The van der Waals surface area contributed by atoms with Crippen molar-refractivity contribution in [2.24, 2.45) is 0 Å². The predicted molar refractivity (Wildman–Crippen MR) is 158 cm³/mol. The van der Waals surface area contributed by atoms with E-state index >= 15 is 0 Å². The average molecular weight is 589 g/mol. The van der Waals surface area contributed by atoms with Gasteiger partial charge in [0.05, 0.1) is 6.61 Å². The van der Waals surface area contributed by atoms with Crippen molar-refractivity contribution in [3.63, 3.8) is 0 Å². The van der Waals surface area contributed by atoms with E-state index in [1.807, 2.05) is 0 Å². The maximum Gasteiger partial charge on any atom is 0.328 e. The van der Waals surface area contributed by atoms with Crippen molar-refractivity contribution in [1.82, 2.24) is 9.80 Å². The van der Waals surface area contributed by atoms with Gasteiger partial charge >= 0.3 is 11.9 Å². The monoisotopic (exact) mass is 588 g/mol. The van der Waals surface area contributed by atoms with Gasteiger partial charge < -0.3 is 14.9 Å². The molecule has 224 valence electrons. The lowest BCUT2D eigenvalue weighted by molar-refractivity contribution is -0.134. The molecule has 0 spiro atoms. The zero-order valence-corrected chi connectivity index (χ0v) is 23.6. The third-order valence-corrected chi connectivity index (χ3v) is 8.04. The van der Waals surface area contributed by atoms with Crippen LogP contribution < -0.4 is 0 Å². The highest BCUT2D eigenvalue weighted by Gasteiger charge is 2.44. The lowest BCUT2D eigenvalue weighted by atomic mass is 9.86. The van der Waals surface area contributed by atoms with Gasteiger partial charge in [0.1, 0.15) is 17.7 Å². The second-order valence-corrected chi connectivity index (χ2v) is 11.0. The van der Waals surface area contributed by atoms with E-state index in [4.69, 9.17) is 14.9 Å². The van der Waals surface area contributed by atoms with Gasteiger partial charge in [0, 0.05) is 50.4 Å². The molecule has 3 aliphatic heterocycles. The van der Waals surface area contributed by atoms with Gasteiger partial charge in [-0.1, -0.05) is 60.2 Å². The summed E-state index contributed by atoms with van der Waals surface area (Å²) in [6, 6.07) is 22.7. The predicted octanol–water partition coefficient (Wildman–Crippen LogP) is 5.18. The van der Waals surface area contributed by atoms with Gasteiger partial charge in [0.15, 0.2) is 0 Å². The molecule has 2 atom stereocenters. The first-order valence-electron chi connectivity index (χ1n) is 14.3. The number of nitrogens with zero attached hydrogens (tertiary/aromatic N) is 2. The summed E-state index contributed by atoms with van der Waals surface area (Å²) in [6.45, 7) is 4.63. The van der Waals surface area contributed by atoms with E-state index in [1.165, 1.54) is 47.4 Å². The number of fused-ring (bicyclic) bond motifs is 3. The van der Waals surface area contributed by atoms with Gasteiger partial charge in [-0.3, -0.25) is 9.80 Å². The number of aliphatic carboxylic acids is 2. The highest BCUT2D eigenvalue weighted by atomic mass is 19.1. The molecular weight excluding hydrogens is 554 g/mol. The summed E-state index contributed by atoms with van der Waals surface area (Å²) < 4.78 is 33.2. The van der Waals surface area contributed by atoms with Gasteiger partial charge in [-0.05, 0) is 59.4 Å². The first-order chi connectivity index (χ1) is 20.7. The zero-order valence-electron chi connectivity index (χ0n) is 23.6. The largest absolute Gasteiger partial charge is 0.478 e. The molecule has 2 unspecified atom stereocenters. The smallest absolute Gasteiger partial charge is 0.328 e. The summed E-state index contributed by atoms with van der Waals surface area (Å²) >= 11 is 0. The average Bonchev–Trinajstić information content (AvgIpc) is 3.42. The summed E-state index contributed by atoms with van der Waals surface area (Å²) in [7, 11) is 0. The fourth-order valence-corrected chi connectivity index (χ4v) is 6.01. The fourth-order valence-electron chi connectivity index (χ4n) is 6.01. The van der Waals surface area contributed by atoms with Crippen LogP contribution in [-0.2, 0) is 20.7 Å². The maximum atomic E-state index is 13.5. The molecule has 3 aromatic carbocycles. The zero-order chi connectivity index (χ0) is 30.3. The van der Waals surface area contributed by atoms with Crippen molar-refractivity contribution >= 4 is 18.0 Å². The Morgan fingerprint density at radius 2 is 1.42 bits per heavy atom. The number of hydrogen-bond acceptors (Lipinski definition) is 5. The fraction of sp³-hybridized carbons (Fsp3) is 0.294. The third-order valence-electron chi connectivity index (χ3n) is 8.04. The highest BCUT2D eigenvalue weighted by Crippen LogP contribution is 2.35. The molecule has 0 saturated carbocycles. The van der Waals surface area contributed by atoms with Crippen LogP contribution in [0.5, 0.6) is 0 Å². The lowest BCUT2D eigenvalue weighted by Gasteiger charge is -2.56. The van der Waals surface area contributed by atoms with Crippen LogP contribution in [0.2, 0.25) is 0 Å². The number of carbonyl (C=O) groups is 2. The quantitative estimate of drug-likeness (QED) is 0.316. The minimum Gasteiger partial charge on any atom is -0.478 e. The normalized spacial score (nSPS) is 19.4. The summed E-state index contributed by atoms with van der Waals surface area (Å²) in [5.41, 5.74) is 6.10. The molecule has 4 aliphatic rings. The summed E-state index contributed by atoms with van der Waals surface area (Å²) in [6.07, 6.45) is 5.51. The SMILES string of the molecule is Fc1ccc(C(OCCN2CC3CC(C2)N3CC2=Cc3ccccc3C2)c2ccc(F)cc2)cc1.O=C(O)/C=C/C(=O)O. The van der Waals surface area contributed by atoms with E-state index in [0.29, 0.717) is 30.8 Å². The molecular formula is C34H34F2N2O5. The van der Waals surface area contributed by atoms with E-state index in [0.717, 1.165) is 43.7 Å². The van der Waals surface area contributed by atoms with Crippen molar-refractivity contribution in [3.8, 4) is 0 Å². The van der Waals surface area contributed by atoms with Crippen LogP contribution in [0.4, 0.5) is 8.78 Å². The van der Waals surface area contributed by atoms with Gasteiger partial charge in [-0.15, -0.1) is 0 Å². The molecule has 2 N–H and O–H groups in total. The second-order valence-electron chi connectivity index (χ2n) is 11.0. The summed E-state index contributed by atoms with van der Waals surface area (Å²) in [5, 5.41) is 15.6. The molecule has 0 amide bonds. The molecule has 43 heavy (non-hydrogen) atoms. The van der Waals surface area contributed by atoms with Crippen molar-refractivity contribution < 1.29 is 33.3 Å². The number of halogens is 2. The molecule has 9 heteroatoms. The number of hydrogen-bond donors (Lipinski definition) is 2. The molecule has 1 aliphatic carbocycles. The topological polar surface area (TPSA) is 90.3 Å². The third kappa shape index (κ3) is 8.01. The number of rotatable bonds is 10. The van der Waals surface area contributed by atoms with E-state index < -0.39 is 11.9 Å². The van der Waals surface area contributed by atoms with Crippen LogP contribution >= 0.6 is 0 Å². The first-order valence-corrected chi connectivity index (χ1v) is 14.3. The van der Waals surface area contributed by atoms with Gasteiger partial charge in [-0.2, -0.15) is 0 Å². The Kier molecular flexibility index (Phi) is 9.76. The molecule has 0 aromatic heterocycles. The Morgan fingerprint density at radius 3 is 1.95 bits per heavy atom. The molecule has 7 nitrogen and oxygen atoms in total. The Hall–Kier alpha value is -4.18. The molecule has 3 aromatic rings. The van der Waals surface area contributed by atoms with Crippen molar-refractivity contribution in [2.45, 2.75) is 31.0 Å². The number of benzene rings is 3. The van der Waals surface area contributed by atoms with E-state index in [2.05, 4.69) is 40.1 Å². The Bertz CT molecular complexity index is 1420. The molecule has 3 fully saturated rings. The molecule has 2 bridgehead atoms. The molecule has 3 heterocycles. The summed E-state index contributed by atoms with van der Waals surface area (Å²) in [4.78, 5) is 24.3. The van der Waals surface area contributed by atoms with Crippen molar-refractivity contribution in [3.05, 3.63) is 124 Å². The van der Waals surface area contributed by atoms with Crippen LogP contribution in [0.25, 0.3) is 6.08 Å². The van der Waals surface area contributed by atoms with Crippen molar-refractivity contribution in [2.75, 3.05) is 32.8 Å². The molecule has 7 rings (SSSR count). The van der Waals surface area contributed by atoms with E-state index in [9.17, 15) is 18.4 Å². The Balaban J connectivity index is 0.000000407. The van der Waals surface area contributed by atoms with Gasteiger partial charge in [-0.25, -0.2) is 18.4 Å². The standard InChI is InChI=1S/C30H30F2N2O.C4H4O4/c31-26-9-5-22(6-10-26)30(23-7-11-27(32)12-8-23)35-14-13-33-19-28-17-29(20-33)34(28)18-21-15-24-3-1-2-4-25(24)16-21;5-3(6)1-2-4(7)8/h1-12,15,28-30H,13-14,16-20H2;1-2H,(H,5,6)(H,7,8)/b;2-1+. The summed E-state index contributed by atoms with van der Waals surface area (Å²) in [5.74, 6) is -3.07. The van der Waals surface area contributed by atoms with Crippen LogP contribution in [0.15, 0.2) is 90.5 Å². The number of carboxylic acids is 2. The van der Waals surface area contributed by atoms with Crippen LogP contribution in [0, 0.1) is 11.6 Å². The maximum absolute atomic E-state index is 13.5. The van der Waals surface area contributed by atoms with Crippen LogP contribution in [0.3, 0.4) is 0 Å². The highest BCUT2D eigenvalue weighted by molar-refractivity contribution is 5.89. The molecule has 3 saturated heterocycles. The number of carboxylic acid groups (broad SMARTS) is 2. The first kappa shape index (κ1) is 30.3. The molecule has 0 radical (unpaired) electrons. The minimum absolute atomic E-state index is 0.277.